The van der Waals surface area contributed by atoms with Crippen LogP contribution in [0.15, 0.2) is 29.4 Å². The lowest BCUT2D eigenvalue weighted by atomic mass is 10.3. The Hall–Kier alpha value is -1.06. The first-order chi connectivity index (χ1) is 6.36. The van der Waals surface area contributed by atoms with Gasteiger partial charge in [-0.1, -0.05) is 6.08 Å². The summed E-state index contributed by atoms with van der Waals surface area (Å²) in [5, 5.41) is 3.05. The standard InChI is InChI=1S/C10H15NO2/c1-3-4-12-8-10-5-9(6-11-2)7-13-10/h3,5,7,11H,1,4,6,8H2,2H3. The lowest BCUT2D eigenvalue weighted by Gasteiger charge is -1.95. The van der Waals surface area contributed by atoms with Crippen molar-refractivity contribution in [3.8, 4) is 0 Å². The van der Waals surface area contributed by atoms with E-state index in [9.17, 15) is 0 Å². The van der Waals surface area contributed by atoms with Gasteiger partial charge in [0.15, 0.2) is 0 Å². The summed E-state index contributed by atoms with van der Waals surface area (Å²) in [5.74, 6) is 0.854. The highest BCUT2D eigenvalue weighted by Crippen LogP contribution is 2.08. The number of rotatable bonds is 6. The summed E-state index contributed by atoms with van der Waals surface area (Å²) in [4.78, 5) is 0. The molecule has 3 heteroatoms. The Morgan fingerprint density at radius 3 is 3.23 bits per heavy atom. The number of ether oxygens (including phenoxy) is 1. The van der Waals surface area contributed by atoms with Gasteiger partial charge in [0.1, 0.15) is 12.4 Å². The number of hydrogen-bond acceptors (Lipinski definition) is 3. The quantitative estimate of drug-likeness (QED) is 0.536. The molecule has 0 aliphatic carbocycles. The topological polar surface area (TPSA) is 34.4 Å². The summed E-state index contributed by atoms with van der Waals surface area (Å²) in [5.41, 5.74) is 1.14. The molecule has 0 radical (unpaired) electrons. The van der Waals surface area contributed by atoms with Gasteiger partial charge >= 0.3 is 0 Å². The Balaban J connectivity index is 2.35. The van der Waals surface area contributed by atoms with E-state index in [-0.39, 0.29) is 0 Å². The maximum Gasteiger partial charge on any atom is 0.129 e. The molecule has 1 aromatic heterocycles. The first-order valence-corrected chi connectivity index (χ1v) is 4.26. The molecule has 0 aromatic carbocycles. The van der Waals surface area contributed by atoms with Crippen LogP contribution in [0.25, 0.3) is 0 Å². The first kappa shape index (κ1) is 10.0. The zero-order chi connectivity index (χ0) is 9.52. The van der Waals surface area contributed by atoms with E-state index >= 15 is 0 Å². The predicted molar refractivity (Wildman–Crippen MR) is 51.3 cm³/mol. The van der Waals surface area contributed by atoms with Crippen molar-refractivity contribution in [2.45, 2.75) is 13.2 Å². The summed E-state index contributed by atoms with van der Waals surface area (Å²) in [6, 6.07) is 1.99. The fraction of sp³-hybridized carbons (Fsp3) is 0.400. The fourth-order valence-electron chi connectivity index (χ4n) is 1.04. The van der Waals surface area contributed by atoms with Gasteiger partial charge in [0.05, 0.1) is 12.9 Å². The molecule has 3 nitrogen and oxygen atoms in total. The lowest BCUT2D eigenvalue weighted by molar-refractivity contribution is 0.132. The normalized spacial score (nSPS) is 10.2. The van der Waals surface area contributed by atoms with Crippen LogP contribution < -0.4 is 5.32 Å². The van der Waals surface area contributed by atoms with Crippen LogP contribution in [0, 0.1) is 0 Å². The van der Waals surface area contributed by atoms with Gasteiger partial charge in [0.25, 0.3) is 0 Å². The molecule has 0 atom stereocenters. The van der Waals surface area contributed by atoms with Crippen molar-refractivity contribution in [1.82, 2.24) is 5.32 Å². The Morgan fingerprint density at radius 2 is 2.54 bits per heavy atom. The van der Waals surface area contributed by atoms with Crippen molar-refractivity contribution in [2.75, 3.05) is 13.7 Å². The van der Waals surface area contributed by atoms with Crippen LogP contribution >= 0.6 is 0 Å². The molecule has 1 N–H and O–H groups in total. The van der Waals surface area contributed by atoms with Gasteiger partial charge in [0.2, 0.25) is 0 Å². The molecule has 0 bridgehead atoms. The second kappa shape index (κ2) is 5.56. The van der Waals surface area contributed by atoms with Crippen LogP contribution in [0.5, 0.6) is 0 Å². The van der Waals surface area contributed by atoms with E-state index in [4.69, 9.17) is 9.15 Å². The van der Waals surface area contributed by atoms with Crippen molar-refractivity contribution in [3.63, 3.8) is 0 Å². The minimum absolute atomic E-state index is 0.510. The smallest absolute Gasteiger partial charge is 0.129 e. The van der Waals surface area contributed by atoms with E-state index in [0.29, 0.717) is 13.2 Å². The molecular weight excluding hydrogens is 166 g/mol. The molecule has 0 unspecified atom stereocenters. The van der Waals surface area contributed by atoms with E-state index in [0.717, 1.165) is 17.9 Å². The molecule has 13 heavy (non-hydrogen) atoms. The van der Waals surface area contributed by atoms with Crippen LogP contribution in [-0.2, 0) is 17.9 Å². The first-order valence-electron chi connectivity index (χ1n) is 4.26. The highest BCUT2D eigenvalue weighted by Gasteiger charge is 1.99. The summed E-state index contributed by atoms with van der Waals surface area (Å²) in [6.07, 6.45) is 3.46. The van der Waals surface area contributed by atoms with Gasteiger partial charge < -0.3 is 14.5 Å². The van der Waals surface area contributed by atoms with Crippen LogP contribution in [0.4, 0.5) is 0 Å². The second-order valence-corrected chi connectivity index (χ2v) is 2.76. The van der Waals surface area contributed by atoms with Crippen molar-refractivity contribution < 1.29 is 9.15 Å². The second-order valence-electron chi connectivity index (χ2n) is 2.76. The molecule has 1 aromatic rings. The van der Waals surface area contributed by atoms with E-state index in [1.807, 2.05) is 13.1 Å². The van der Waals surface area contributed by atoms with Crippen LogP contribution in [0.2, 0.25) is 0 Å². The van der Waals surface area contributed by atoms with Crippen molar-refractivity contribution in [3.05, 3.63) is 36.3 Å². The van der Waals surface area contributed by atoms with Gasteiger partial charge in [-0.25, -0.2) is 0 Å². The van der Waals surface area contributed by atoms with Gasteiger partial charge in [-0.2, -0.15) is 0 Å². The van der Waals surface area contributed by atoms with E-state index < -0.39 is 0 Å². The molecule has 0 aliphatic heterocycles. The molecule has 1 heterocycles. The minimum Gasteiger partial charge on any atom is -0.467 e. The van der Waals surface area contributed by atoms with Crippen LogP contribution in [0.1, 0.15) is 11.3 Å². The molecule has 0 fully saturated rings. The summed E-state index contributed by atoms with van der Waals surface area (Å²) in [6.45, 7) is 5.45. The summed E-state index contributed by atoms with van der Waals surface area (Å²) in [7, 11) is 1.90. The average molecular weight is 181 g/mol. The monoisotopic (exact) mass is 181 g/mol. The third-order valence-corrected chi connectivity index (χ3v) is 1.57. The SMILES string of the molecule is C=CCOCc1cc(CNC)co1. The highest BCUT2D eigenvalue weighted by molar-refractivity contribution is 5.11. The molecule has 0 aliphatic rings. The van der Waals surface area contributed by atoms with Crippen molar-refractivity contribution >= 4 is 0 Å². The van der Waals surface area contributed by atoms with Gasteiger partial charge in [0, 0.05) is 12.1 Å². The Bertz CT molecular complexity index is 255. The molecule has 0 saturated carbocycles. The fourth-order valence-corrected chi connectivity index (χ4v) is 1.04. The maximum absolute atomic E-state index is 5.26. The van der Waals surface area contributed by atoms with Crippen LogP contribution in [-0.4, -0.2) is 13.7 Å². The van der Waals surface area contributed by atoms with Crippen molar-refractivity contribution in [2.24, 2.45) is 0 Å². The minimum atomic E-state index is 0.510. The van der Waals surface area contributed by atoms with Gasteiger partial charge in [-0.15, -0.1) is 6.58 Å². The van der Waals surface area contributed by atoms with E-state index in [1.54, 1.807) is 12.3 Å². The lowest BCUT2D eigenvalue weighted by Crippen LogP contribution is -2.03. The zero-order valence-corrected chi connectivity index (χ0v) is 7.88. The summed E-state index contributed by atoms with van der Waals surface area (Å²) < 4.78 is 10.5. The Morgan fingerprint density at radius 1 is 1.69 bits per heavy atom. The van der Waals surface area contributed by atoms with Crippen molar-refractivity contribution in [1.29, 1.82) is 0 Å². The van der Waals surface area contributed by atoms with Crippen LogP contribution in [0.3, 0.4) is 0 Å². The number of hydrogen-bond donors (Lipinski definition) is 1. The molecule has 1 rings (SSSR count). The Kier molecular flexibility index (Phi) is 4.29. The largest absolute Gasteiger partial charge is 0.467 e. The number of furan rings is 1. The maximum atomic E-state index is 5.26. The van der Waals surface area contributed by atoms with Gasteiger partial charge in [-0.3, -0.25) is 0 Å². The Labute approximate surface area is 78.4 Å². The molecular formula is C10H15NO2. The zero-order valence-electron chi connectivity index (χ0n) is 7.88. The van der Waals surface area contributed by atoms with E-state index in [2.05, 4.69) is 11.9 Å². The molecule has 72 valence electrons. The number of nitrogens with one attached hydrogen (secondary N) is 1. The molecule has 0 spiro atoms. The average Bonchev–Trinajstić information content (AvgIpc) is 2.54. The third-order valence-electron chi connectivity index (χ3n) is 1.57. The van der Waals surface area contributed by atoms with E-state index in [1.165, 1.54) is 0 Å². The summed E-state index contributed by atoms with van der Waals surface area (Å²) >= 11 is 0. The molecule has 0 amide bonds. The third kappa shape index (κ3) is 3.44. The molecule has 0 saturated heterocycles. The predicted octanol–water partition coefficient (Wildman–Crippen LogP) is 1.70. The van der Waals surface area contributed by atoms with Gasteiger partial charge in [-0.05, 0) is 13.1 Å². The highest BCUT2D eigenvalue weighted by atomic mass is 16.5.